The average molecular weight is 525 g/mol. The smallest absolute Gasteiger partial charge is 0.335 e. The minimum absolute atomic E-state index is 0.0421. The van der Waals surface area contributed by atoms with Gasteiger partial charge in [0.05, 0.1) is 23.4 Å². The van der Waals surface area contributed by atoms with Crippen LogP contribution in [0.2, 0.25) is 5.02 Å². The maximum absolute atomic E-state index is 13.9. The van der Waals surface area contributed by atoms with Crippen LogP contribution in [-0.2, 0) is 16.2 Å². The Morgan fingerprint density at radius 2 is 1.81 bits per heavy atom. The number of carbonyl (C=O) groups excluding carboxylic acids is 3. The number of urea groups is 1. The number of ether oxygens (including phenoxy) is 2. The molecule has 1 aliphatic heterocycles. The number of amides is 4. The molecule has 4 amide bonds. The van der Waals surface area contributed by atoms with Crippen LogP contribution < -0.4 is 19.7 Å². The summed E-state index contributed by atoms with van der Waals surface area (Å²) in [5, 5.41) is 11.2. The quantitative estimate of drug-likeness (QED) is 0.346. The van der Waals surface area contributed by atoms with E-state index >= 15 is 0 Å². The predicted octanol–water partition coefficient (Wildman–Crippen LogP) is 4.43. The number of carboxylic acids is 1. The van der Waals surface area contributed by atoms with E-state index in [0.29, 0.717) is 10.5 Å². The van der Waals surface area contributed by atoms with E-state index in [1.807, 2.05) is 0 Å². The topological polar surface area (TPSA) is 122 Å². The molecular weight excluding hydrogens is 507 g/mol. The monoisotopic (exact) mass is 524 g/mol. The van der Waals surface area contributed by atoms with Crippen LogP contribution in [0.1, 0.15) is 21.5 Å². The van der Waals surface area contributed by atoms with Crippen molar-refractivity contribution in [3.05, 3.63) is 93.8 Å². The van der Waals surface area contributed by atoms with Crippen LogP contribution in [0.15, 0.2) is 66.2 Å². The highest BCUT2D eigenvalue weighted by Crippen LogP contribution is 2.38. The van der Waals surface area contributed by atoms with Crippen molar-refractivity contribution < 1.29 is 38.1 Å². The molecule has 0 unspecified atom stereocenters. The van der Waals surface area contributed by atoms with Crippen LogP contribution in [0.25, 0.3) is 6.08 Å². The Morgan fingerprint density at radius 3 is 2.46 bits per heavy atom. The Labute approximate surface area is 214 Å². The van der Waals surface area contributed by atoms with E-state index in [1.54, 1.807) is 18.2 Å². The molecule has 1 fully saturated rings. The van der Waals surface area contributed by atoms with Gasteiger partial charge in [-0.1, -0.05) is 29.8 Å². The summed E-state index contributed by atoms with van der Waals surface area (Å²) in [4.78, 5) is 49.8. The summed E-state index contributed by atoms with van der Waals surface area (Å²) in [7, 11) is 1.36. The van der Waals surface area contributed by atoms with Crippen molar-refractivity contribution in [1.29, 1.82) is 0 Å². The first-order chi connectivity index (χ1) is 17.7. The highest BCUT2D eigenvalue weighted by atomic mass is 35.5. The number of hydrogen-bond donors (Lipinski definition) is 2. The van der Waals surface area contributed by atoms with Gasteiger partial charge in [-0.15, -0.1) is 0 Å². The minimum Gasteiger partial charge on any atom is -0.493 e. The maximum atomic E-state index is 13.9. The molecule has 0 bridgehead atoms. The summed E-state index contributed by atoms with van der Waals surface area (Å²) in [5.74, 6) is -3.18. The van der Waals surface area contributed by atoms with Gasteiger partial charge in [0.1, 0.15) is 18.0 Å². The van der Waals surface area contributed by atoms with Gasteiger partial charge in [-0.05, 0) is 54.1 Å². The fraction of sp³-hybridized carbons (Fsp3) is 0.0769. The predicted molar refractivity (Wildman–Crippen MR) is 131 cm³/mol. The van der Waals surface area contributed by atoms with E-state index in [9.17, 15) is 23.6 Å². The van der Waals surface area contributed by atoms with E-state index < -0.39 is 29.6 Å². The number of hydrogen-bond acceptors (Lipinski definition) is 6. The zero-order chi connectivity index (χ0) is 26.7. The number of benzene rings is 3. The van der Waals surface area contributed by atoms with Crippen molar-refractivity contribution in [3.8, 4) is 11.5 Å². The largest absolute Gasteiger partial charge is 0.493 e. The summed E-state index contributed by atoms with van der Waals surface area (Å²) in [6, 6.07) is 13.0. The summed E-state index contributed by atoms with van der Waals surface area (Å²) in [6.45, 7) is -0.123. The van der Waals surface area contributed by atoms with Crippen LogP contribution in [0.3, 0.4) is 0 Å². The molecular formula is C26H18ClFN2O7. The maximum Gasteiger partial charge on any atom is 0.335 e. The van der Waals surface area contributed by atoms with E-state index in [0.717, 1.165) is 0 Å². The molecule has 1 heterocycles. The number of aromatic carboxylic acids is 1. The van der Waals surface area contributed by atoms with Crippen LogP contribution in [0, 0.1) is 5.82 Å². The number of nitrogens with one attached hydrogen (secondary N) is 1. The third-order valence-electron chi connectivity index (χ3n) is 5.37. The lowest BCUT2D eigenvalue weighted by atomic mass is 10.1. The third-order valence-corrected chi connectivity index (χ3v) is 5.65. The van der Waals surface area contributed by atoms with Gasteiger partial charge in [-0.25, -0.2) is 18.9 Å². The summed E-state index contributed by atoms with van der Waals surface area (Å²) < 4.78 is 24.9. The first-order valence-electron chi connectivity index (χ1n) is 10.7. The molecule has 0 aromatic heterocycles. The van der Waals surface area contributed by atoms with Gasteiger partial charge < -0.3 is 14.6 Å². The number of imide groups is 2. The number of barbiturate groups is 1. The normalized spacial score (nSPS) is 14.5. The number of carboxylic acid groups (broad SMARTS) is 1. The Morgan fingerprint density at radius 1 is 1.11 bits per heavy atom. The first-order valence-corrected chi connectivity index (χ1v) is 11.1. The molecule has 4 rings (SSSR count). The lowest BCUT2D eigenvalue weighted by molar-refractivity contribution is -0.122. The van der Waals surface area contributed by atoms with E-state index in [1.165, 1.54) is 55.7 Å². The number of rotatable bonds is 7. The van der Waals surface area contributed by atoms with Crippen molar-refractivity contribution >= 4 is 47.2 Å². The van der Waals surface area contributed by atoms with Crippen molar-refractivity contribution in [3.63, 3.8) is 0 Å². The van der Waals surface area contributed by atoms with E-state index in [2.05, 4.69) is 5.32 Å². The molecule has 3 aromatic rings. The average Bonchev–Trinajstić information content (AvgIpc) is 2.86. The molecule has 1 aliphatic rings. The van der Waals surface area contributed by atoms with E-state index in [-0.39, 0.29) is 45.5 Å². The molecule has 2 N–H and O–H groups in total. The number of anilines is 1. The minimum atomic E-state index is -1.18. The number of carbonyl (C=O) groups is 4. The molecule has 0 radical (unpaired) electrons. The highest BCUT2D eigenvalue weighted by molar-refractivity contribution is 6.39. The molecule has 9 nitrogen and oxygen atoms in total. The summed E-state index contributed by atoms with van der Waals surface area (Å²) >= 11 is 6.37. The third kappa shape index (κ3) is 5.29. The second-order valence-electron chi connectivity index (χ2n) is 7.72. The molecule has 37 heavy (non-hydrogen) atoms. The van der Waals surface area contributed by atoms with Gasteiger partial charge in [-0.3, -0.25) is 14.9 Å². The number of halogens is 2. The Hall–Kier alpha value is -4.70. The fourth-order valence-corrected chi connectivity index (χ4v) is 3.81. The second-order valence-corrected chi connectivity index (χ2v) is 8.13. The molecule has 0 saturated carbocycles. The SMILES string of the molecule is COc1cc(/C=C2\C(=O)NC(=O)N(c3ccc(C(=O)O)cc3)C2=O)cc(Cl)c1OCc1ccccc1F. The molecule has 0 spiro atoms. The van der Waals surface area contributed by atoms with Crippen LogP contribution in [0.4, 0.5) is 14.9 Å². The molecule has 11 heteroatoms. The first kappa shape index (κ1) is 25.4. The Bertz CT molecular complexity index is 1450. The van der Waals surface area contributed by atoms with Crippen LogP contribution in [0.5, 0.6) is 11.5 Å². The Balaban J connectivity index is 1.64. The lowest BCUT2D eigenvalue weighted by Gasteiger charge is -2.26. The lowest BCUT2D eigenvalue weighted by Crippen LogP contribution is -2.54. The van der Waals surface area contributed by atoms with Crippen molar-refractivity contribution in [2.45, 2.75) is 6.61 Å². The van der Waals surface area contributed by atoms with Gasteiger partial charge in [0.15, 0.2) is 11.5 Å². The molecule has 0 atom stereocenters. The molecule has 1 saturated heterocycles. The van der Waals surface area contributed by atoms with Gasteiger partial charge in [-0.2, -0.15) is 0 Å². The zero-order valence-electron chi connectivity index (χ0n) is 19.2. The van der Waals surface area contributed by atoms with Crippen molar-refractivity contribution in [2.24, 2.45) is 0 Å². The van der Waals surface area contributed by atoms with Crippen LogP contribution in [-0.4, -0.2) is 36.0 Å². The molecule has 0 aliphatic carbocycles. The number of methoxy groups -OCH3 is 1. The van der Waals surface area contributed by atoms with Gasteiger partial charge >= 0.3 is 12.0 Å². The van der Waals surface area contributed by atoms with Gasteiger partial charge in [0.25, 0.3) is 11.8 Å². The second kappa shape index (κ2) is 10.5. The highest BCUT2D eigenvalue weighted by Gasteiger charge is 2.37. The van der Waals surface area contributed by atoms with Crippen molar-refractivity contribution in [1.82, 2.24) is 5.32 Å². The van der Waals surface area contributed by atoms with E-state index in [4.69, 9.17) is 26.2 Å². The van der Waals surface area contributed by atoms with Gasteiger partial charge in [0.2, 0.25) is 0 Å². The Kier molecular flexibility index (Phi) is 7.21. The zero-order valence-corrected chi connectivity index (χ0v) is 19.9. The van der Waals surface area contributed by atoms with Crippen LogP contribution >= 0.6 is 11.6 Å². The summed E-state index contributed by atoms with van der Waals surface area (Å²) in [5.41, 5.74) is 0.240. The number of nitrogens with zero attached hydrogens (tertiary/aromatic N) is 1. The van der Waals surface area contributed by atoms with Gasteiger partial charge in [0, 0.05) is 5.56 Å². The summed E-state index contributed by atoms with van der Waals surface area (Å²) in [6.07, 6.45) is 1.22. The molecule has 3 aromatic carbocycles. The molecule has 188 valence electrons. The fourth-order valence-electron chi connectivity index (χ4n) is 3.54. The van der Waals surface area contributed by atoms with Crippen molar-refractivity contribution in [2.75, 3.05) is 12.0 Å². The standard InChI is InChI=1S/C26H18ClFN2O7/c1-36-21-12-14(11-19(27)22(21)37-13-16-4-2-3-5-20(16)28)10-18-23(31)29-26(35)30(24(18)32)17-8-6-15(7-9-17)25(33)34/h2-12H,13H2,1H3,(H,33,34)(H,29,31,35)/b18-10+.